The minimum atomic E-state index is -0.568. The number of benzene rings is 1. The van der Waals surface area contributed by atoms with Gasteiger partial charge in [-0.2, -0.15) is 0 Å². The fourth-order valence-electron chi connectivity index (χ4n) is 1.71. The Morgan fingerprint density at radius 1 is 1.38 bits per heavy atom. The van der Waals surface area contributed by atoms with Crippen LogP contribution >= 0.6 is 12.4 Å². The average Bonchev–Trinajstić information content (AvgIpc) is 2.44. The maximum absolute atomic E-state index is 12.0. The molecule has 0 fully saturated rings. The number of hydrogen-bond donors (Lipinski definition) is 3. The van der Waals surface area contributed by atoms with Crippen LogP contribution in [0.15, 0.2) is 18.2 Å². The average molecular weight is 317 g/mol. The van der Waals surface area contributed by atoms with Crippen LogP contribution in [0.2, 0.25) is 0 Å². The molecule has 0 saturated heterocycles. The lowest BCUT2D eigenvalue weighted by atomic mass is 9.94. The number of hydrogen-bond acceptors (Lipinski definition) is 5. The van der Waals surface area contributed by atoms with Crippen LogP contribution < -0.4 is 16.8 Å². The molecule has 0 spiro atoms. The summed E-state index contributed by atoms with van der Waals surface area (Å²) >= 11 is 0. The van der Waals surface area contributed by atoms with Gasteiger partial charge < -0.3 is 16.8 Å². The number of nitro benzene ring substituents is 1. The Morgan fingerprint density at radius 3 is 2.43 bits per heavy atom. The van der Waals surface area contributed by atoms with Crippen LogP contribution in [0.5, 0.6) is 0 Å². The number of carbonyl (C=O) groups is 1. The molecule has 8 heteroatoms. The standard InChI is InChI=1S/C13H20N4O3.ClH/c1-3-13(15,4-2)8-16-12(18)10-7-9(17(19)20)5-6-11(10)14;/h5-7H,3-4,8,14-15H2,1-2H3,(H,16,18);1H. The van der Waals surface area contributed by atoms with Gasteiger partial charge in [-0.3, -0.25) is 14.9 Å². The first-order valence-electron chi connectivity index (χ1n) is 6.44. The third-order valence-corrected chi connectivity index (χ3v) is 3.50. The summed E-state index contributed by atoms with van der Waals surface area (Å²) in [5.74, 6) is -0.456. The number of nitrogen functional groups attached to an aromatic ring is 1. The lowest BCUT2D eigenvalue weighted by Crippen LogP contribution is -2.49. The van der Waals surface area contributed by atoms with E-state index in [4.69, 9.17) is 11.5 Å². The molecule has 0 heterocycles. The van der Waals surface area contributed by atoms with Gasteiger partial charge in [-0.05, 0) is 18.9 Å². The Labute approximate surface area is 129 Å². The molecular weight excluding hydrogens is 296 g/mol. The van der Waals surface area contributed by atoms with Crippen LogP contribution in [-0.4, -0.2) is 22.9 Å². The van der Waals surface area contributed by atoms with E-state index < -0.39 is 16.4 Å². The summed E-state index contributed by atoms with van der Waals surface area (Å²) in [6.45, 7) is 4.18. The lowest BCUT2D eigenvalue weighted by Gasteiger charge is -2.26. The van der Waals surface area contributed by atoms with E-state index in [9.17, 15) is 14.9 Å². The van der Waals surface area contributed by atoms with Crippen LogP contribution in [0.25, 0.3) is 0 Å². The van der Waals surface area contributed by atoms with Gasteiger partial charge >= 0.3 is 0 Å². The van der Waals surface area contributed by atoms with Gasteiger partial charge in [0.1, 0.15) is 0 Å². The molecule has 0 saturated carbocycles. The SMILES string of the molecule is CCC(N)(CC)CNC(=O)c1cc([N+](=O)[O-])ccc1N.Cl. The van der Waals surface area contributed by atoms with E-state index in [-0.39, 0.29) is 29.3 Å². The molecule has 0 aromatic heterocycles. The third-order valence-electron chi connectivity index (χ3n) is 3.50. The van der Waals surface area contributed by atoms with E-state index in [0.717, 1.165) is 0 Å². The van der Waals surface area contributed by atoms with Gasteiger partial charge in [0.15, 0.2) is 0 Å². The second kappa shape index (κ2) is 7.80. The molecule has 0 aliphatic heterocycles. The number of halogens is 1. The highest BCUT2D eigenvalue weighted by Crippen LogP contribution is 2.20. The molecule has 1 aromatic rings. The van der Waals surface area contributed by atoms with Crippen molar-refractivity contribution in [3.8, 4) is 0 Å². The zero-order valence-electron chi connectivity index (χ0n) is 12.1. The van der Waals surface area contributed by atoms with Crippen molar-refractivity contribution >= 4 is 29.7 Å². The molecule has 0 bridgehead atoms. The van der Waals surface area contributed by atoms with Gasteiger partial charge in [0, 0.05) is 29.9 Å². The first-order chi connectivity index (χ1) is 9.33. The number of carbonyl (C=O) groups excluding carboxylic acids is 1. The number of amides is 1. The first-order valence-corrected chi connectivity index (χ1v) is 6.44. The largest absolute Gasteiger partial charge is 0.398 e. The normalized spacial score (nSPS) is 10.6. The Kier molecular flexibility index (Phi) is 7.11. The topological polar surface area (TPSA) is 124 Å². The highest BCUT2D eigenvalue weighted by atomic mass is 35.5. The molecule has 1 amide bonds. The van der Waals surface area contributed by atoms with Crippen molar-refractivity contribution in [1.82, 2.24) is 5.32 Å². The minimum Gasteiger partial charge on any atom is -0.398 e. The zero-order chi connectivity index (χ0) is 15.3. The van der Waals surface area contributed by atoms with Crippen molar-refractivity contribution in [3.63, 3.8) is 0 Å². The van der Waals surface area contributed by atoms with E-state index in [1.807, 2.05) is 13.8 Å². The van der Waals surface area contributed by atoms with E-state index in [2.05, 4.69) is 5.32 Å². The van der Waals surface area contributed by atoms with E-state index in [1.165, 1.54) is 18.2 Å². The summed E-state index contributed by atoms with van der Waals surface area (Å²) in [6.07, 6.45) is 1.43. The lowest BCUT2D eigenvalue weighted by molar-refractivity contribution is -0.384. The number of non-ortho nitro benzene ring substituents is 1. The summed E-state index contributed by atoms with van der Waals surface area (Å²) in [5, 5.41) is 13.4. The Morgan fingerprint density at radius 2 is 1.95 bits per heavy atom. The van der Waals surface area contributed by atoms with Crippen molar-refractivity contribution in [2.75, 3.05) is 12.3 Å². The summed E-state index contributed by atoms with van der Waals surface area (Å²) in [7, 11) is 0. The molecule has 0 aliphatic carbocycles. The van der Waals surface area contributed by atoms with Gasteiger partial charge in [-0.1, -0.05) is 13.8 Å². The van der Waals surface area contributed by atoms with Gasteiger partial charge in [-0.15, -0.1) is 12.4 Å². The van der Waals surface area contributed by atoms with Crippen LogP contribution in [0.4, 0.5) is 11.4 Å². The zero-order valence-corrected chi connectivity index (χ0v) is 12.9. The van der Waals surface area contributed by atoms with Crippen molar-refractivity contribution in [1.29, 1.82) is 0 Å². The number of nitro groups is 1. The van der Waals surface area contributed by atoms with Crippen molar-refractivity contribution < 1.29 is 9.72 Å². The molecule has 0 radical (unpaired) electrons. The number of rotatable bonds is 6. The fourth-order valence-corrected chi connectivity index (χ4v) is 1.71. The fraction of sp³-hybridized carbons (Fsp3) is 0.462. The van der Waals surface area contributed by atoms with Crippen LogP contribution in [-0.2, 0) is 0 Å². The molecule has 0 aliphatic rings. The molecule has 1 aromatic carbocycles. The number of anilines is 1. The van der Waals surface area contributed by atoms with Gasteiger partial charge in [0.2, 0.25) is 0 Å². The van der Waals surface area contributed by atoms with Gasteiger partial charge in [-0.25, -0.2) is 0 Å². The van der Waals surface area contributed by atoms with Gasteiger partial charge in [0.05, 0.1) is 10.5 Å². The van der Waals surface area contributed by atoms with Crippen LogP contribution in [0.1, 0.15) is 37.0 Å². The Balaban J connectivity index is 0.00000400. The van der Waals surface area contributed by atoms with E-state index in [1.54, 1.807) is 0 Å². The van der Waals surface area contributed by atoms with Crippen molar-refractivity contribution in [2.24, 2.45) is 5.73 Å². The predicted octanol–water partition coefficient (Wildman–Crippen LogP) is 1.85. The quantitative estimate of drug-likeness (QED) is 0.419. The Hall–Kier alpha value is -1.86. The van der Waals surface area contributed by atoms with Crippen LogP contribution in [0, 0.1) is 10.1 Å². The summed E-state index contributed by atoms with van der Waals surface area (Å²) in [6, 6.07) is 3.78. The maximum atomic E-state index is 12.0. The van der Waals surface area contributed by atoms with E-state index >= 15 is 0 Å². The molecule has 1 rings (SSSR count). The molecular formula is C13H21ClN4O3. The summed E-state index contributed by atoms with van der Waals surface area (Å²) in [4.78, 5) is 22.2. The summed E-state index contributed by atoms with van der Waals surface area (Å²) in [5.41, 5.74) is 11.4. The third kappa shape index (κ3) is 4.87. The first kappa shape index (κ1) is 19.1. The molecule has 21 heavy (non-hydrogen) atoms. The monoisotopic (exact) mass is 316 g/mol. The molecule has 0 unspecified atom stereocenters. The van der Waals surface area contributed by atoms with Crippen molar-refractivity contribution in [3.05, 3.63) is 33.9 Å². The molecule has 7 nitrogen and oxygen atoms in total. The predicted molar refractivity (Wildman–Crippen MR) is 84.6 cm³/mol. The van der Waals surface area contributed by atoms with Gasteiger partial charge in [0.25, 0.3) is 11.6 Å². The number of nitrogens with zero attached hydrogens (tertiary/aromatic N) is 1. The van der Waals surface area contributed by atoms with E-state index in [0.29, 0.717) is 19.4 Å². The van der Waals surface area contributed by atoms with Crippen LogP contribution in [0.3, 0.4) is 0 Å². The minimum absolute atomic E-state index is 0. The number of nitrogens with two attached hydrogens (primary N) is 2. The Bertz CT molecular complexity index is 518. The summed E-state index contributed by atoms with van der Waals surface area (Å²) < 4.78 is 0. The van der Waals surface area contributed by atoms with Crippen molar-refractivity contribution in [2.45, 2.75) is 32.2 Å². The second-order valence-electron chi connectivity index (χ2n) is 4.78. The highest BCUT2D eigenvalue weighted by molar-refractivity contribution is 5.99. The number of nitrogens with one attached hydrogen (secondary N) is 1. The highest BCUT2D eigenvalue weighted by Gasteiger charge is 2.22. The molecule has 118 valence electrons. The molecule has 5 N–H and O–H groups in total. The molecule has 0 atom stereocenters. The smallest absolute Gasteiger partial charge is 0.270 e. The maximum Gasteiger partial charge on any atom is 0.270 e. The second-order valence-corrected chi connectivity index (χ2v) is 4.78.